The number of fused-ring (bicyclic) bond motifs is 4. The molecule has 1 saturated heterocycles. The summed E-state index contributed by atoms with van der Waals surface area (Å²) in [7, 11) is 0. The summed E-state index contributed by atoms with van der Waals surface area (Å²) in [6.45, 7) is 8.35. The van der Waals surface area contributed by atoms with Crippen LogP contribution in [0.4, 0.5) is 0 Å². The predicted molar refractivity (Wildman–Crippen MR) is 180 cm³/mol. The van der Waals surface area contributed by atoms with Gasteiger partial charge in [0.15, 0.2) is 17.6 Å². The van der Waals surface area contributed by atoms with Crippen LogP contribution in [-0.4, -0.2) is 63.8 Å². The van der Waals surface area contributed by atoms with E-state index in [2.05, 4.69) is 53.3 Å². The normalized spacial score (nSPS) is 28.2. The maximum atomic E-state index is 13.2. The lowest BCUT2D eigenvalue weighted by molar-refractivity contribution is -0.173. The Kier molecular flexibility index (Phi) is 7.40. The van der Waals surface area contributed by atoms with Gasteiger partial charge in [-0.25, -0.2) is 0 Å². The third kappa shape index (κ3) is 4.63. The lowest BCUT2D eigenvalue weighted by Gasteiger charge is -2.62. The van der Waals surface area contributed by atoms with Crippen LogP contribution in [0.2, 0.25) is 0 Å². The van der Waals surface area contributed by atoms with E-state index in [9.17, 15) is 10.2 Å². The third-order valence-electron chi connectivity index (χ3n) is 11.8. The third-order valence-corrected chi connectivity index (χ3v) is 11.8. The first kappa shape index (κ1) is 29.4. The fourth-order valence-corrected chi connectivity index (χ4v) is 9.33. The maximum Gasteiger partial charge on any atom is 0.166 e. The molecule has 0 unspecified atom stereocenters. The number of amidine groups is 1. The summed E-state index contributed by atoms with van der Waals surface area (Å²) in [5.74, 6) is 2.63. The van der Waals surface area contributed by atoms with E-state index in [-0.39, 0.29) is 17.9 Å². The zero-order chi connectivity index (χ0) is 30.8. The molecule has 5 aliphatic rings. The van der Waals surface area contributed by atoms with E-state index in [0.717, 1.165) is 86.8 Å². The average molecular weight is 611 g/mol. The minimum absolute atomic E-state index is 0.0383. The highest BCUT2D eigenvalue weighted by molar-refractivity contribution is 5.89. The molecular formula is C38H50N4O3. The van der Waals surface area contributed by atoms with Crippen LogP contribution in [0, 0.1) is 5.92 Å². The number of aromatic amines is 1. The lowest BCUT2D eigenvalue weighted by atomic mass is 9.49. The number of aliphatic hydroxyl groups is 1. The zero-order valence-electron chi connectivity index (χ0n) is 27.1. The first-order valence-electron chi connectivity index (χ1n) is 17.9. The fourth-order valence-electron chi connectivity index (χ4n) is 9.33. The molecule has 3 aromatic rings. The van der Waals surface area contributed by atoms with Gasteiger partial charge >= 0.3 is 0 Å². The predicted octanol–water partition coefficient (Wildman–Crippen LogP) is 6.48. The number of aromatic hydroxyl groups is 1. The number of aromatic nitrogens is 1. The van der Waals surface area contributed by atoms with Gasteiger partial charge < -0.3 is 25.3 Å². The number of phenols is 1. The van der Waals surface area contributed by atoms with E-state index in [1.807, 2.05) is 0 Å². The van der Waals surface area contributed by atoms with Gasteiger partial charge in [0.2, 0.25) is 0 Å². The SMILES string of the molecule is CCCCCN=C(Cc1ccc2[nH]c3c(c2c1)C[C@@]1(O)[C@H]2Cc4ccc(O)c5c4[C@@]1(CCN2CC1CC1)[C@H]3O5)NCCCCC. The molecule has 3 aliphatic carbocycles. The molecule has 7 nitrogen and oxygen atoms in total. The number of phenolic OH excluding ortho intramolecular Hbond substituents is 1. The first-order chi connectivity index (χ1) is 22.0. The van der Waals surface area contributed by atoms with Gasteiger partial charge in [0, 0.05) is 55.0 Å². The molecule has 1 aromatic heterocycles. The van der Waals surface area contributed by atoms with Gasteiger partial charge in [0.25, 0.3) is 0 Å². The number of benzene rings is 2. The Labute approximate surface area is 267 Å². The number of nitrogens with zero attached hydrogens (tertiary/aromatic N) is 2. The molecule has 240 valence electrons. The molecule has 0 amide bonds. The minimum atomic E-state index is -0.971. The van der Waals surface area contributed by atoms with E-state index in [0.29, 0.717) is 12.2 Å². The van der Waals surface area contributed by atoms with Crippen molar-refractivity contribution in [2.75, 3.05) is 26.2 Å². The standard InChI is InChI=1S/C38H50N4O3/c1-3-5-7-16-39-32(40-17-8-6-4-2)20-25-11-13-29-27(19-25)28-22-38(44)31-21-26-12-14-30(43)35-33(26)37(38,36(45-35)34(28)41-29)15-18-42(31)23-24-9-10-24/h11-14,19,24,31,36,41,43-44H,3-10,15-18,20-23H2,1-2H3,(H,39,40)/t31-,36+,37+,38-/m1/s1. The molecule has 45 heavy (non-hydrogen) atoms. The largest absolute Gasteiger partial charge is 0.504 e. The summed E-state index contributed by atoms with van der Waals surface area (Å²) >= 11 is 0. The number of likely N-dealkylation sites (tertiary alicyclic amines) is 1. The van der Waals surface area contributed by atoms with Crippen LogP contribution in [0.15, 0.2) is 35.3 Å². The highest BCUT2D eigenvalue weighted by Crippen LogP contribution is 2.69. The molecule has 1 spiro atoms. The van der Waals surface area contributed by atoms with Crippen molar-refractivity contribution >= 4 is 16.7 Å². The van der Waals surface area contributed by atoms with Crippen LogP contribution in [-0.2, 0) is 24.7 Å². The van der Waals surface area contributed by atoms with Crippen molar-refractivity contribution in [2.45, 2.75) is 114 Å². The number of hydrogen-bond donors (Lipinski definition) is 4. The molecule has 2 aliphatic heterocycles. The second-order valence-corrected chi connectivity index (χ2v) is 14.7. The number of unbranched alkanes of at least 4 members (excludes halogenated alkanes) is 4. The smallest absolute Gasteiger partial charge is 0.166 e. The number of H-pyrrole nitrogens is 1. The molecule has 2 fully saturated rings. The Morgan fingerprint density at radius 3 is 2.78 bits per heavy atom. The number of rotatable bonds is 12. The van der Waals surface area contributed by atoms with Crippen molar-refractivity contribution < 1.29 is 14.9 Å². The van der Waals surface area contributed by atoms with Crippen molar-refractivity contribution in [2.24, 2.45) is 10.9 Å². The van der Waals surface area contributed by atoms with Crippen molar-refractivity contribution in [3.05, 3.63) is 58.3 Å². The number of aliphatic imine (C=N–C) groups is 1. The summed E-state index contributed by atoms with van der Waals surface area (Å²) in [5.41, 5.74) is 5.37. The highest BCUT2D eigenvalue weighted by atomic mass is 16.5. The van der Waals surface area contributed by atoms with Gasteiger partial charge in [-0.1, -0.05) is 51.7 Å². The molecule has 8 rings (SSSR count). The van der Waals surface area contributed by atoms with Crippen molar-refractivity contribution in [3.8, 4) is 11.5 Å². The van der Waals surface area contributed by atoms with E-state index in [1.165, 1.54) is 60.6 Å². The molecule has 4 atom stereocenters. The molecule has 2 bridgehead atoms. The number of hydrogen-bond acceptors (Lipinski definition) is 5. The van der Waals surface area contributed by atoms with Crippen LogP contribution < -0.4 is 10.1 Å². The maximum absolute atomic E-state index is 13.2. The van der Waals surface area contributed by atoms with Gasteiger partial charge in [0.05, 0.1) is 16.7 Å². The Morgan fingerprint density at radius 2 is 1.96 bits per heavy atom. The van der Waals surface area contributed by atoms with Crippen molar-refractivity contribution in [1.29, 1.82) is 0 Å². The van der Waals surface area contributed by atoms with Gasteiger partial charge in [-0.05, 0) is 85.9 Å². The fraction of sp³-hybridized carbons (Fsp3) is 0.605. The Hall–Kier alpha value is -3.03. The average Bonchev–Trinajstić information content (AvgIpc) is 3.68. The summed E-state index contributed by atoms with van der Waals surface area (Å²) < 4.78 is 6.79. The van der Waals surface area contributed by atoms with E-state index in [4.69, 9.17) is 9.73 Å². The highest BCUT2D eigenvalue weighted by Gasteiger charge is 2.72. The van der Waals surface area contributed by atoms with Crippen LogP contribution >= 0.6 is 0 Å². The number of piperidine rings is 1. The van der Waals surface area contributed by atoms with Crippen LogP contribution in [0.3, 0.4) is 0 Å². The summed E-state index contributed by atoms with van der Waals surface area (Å²) in [6, 6.07) is 10.7. The van der Waals surface area contributed by atoms with Gasteiger partial charge in [-0.3, -0.25) is 9.89 Å². The Bertz CT molecular complexity index is 1620. The van der Waals surface area contributed by atoms with Gasteiger partial charge in [-0.2, -0.15) is 0 Å². The molecular weight excluding hydrogens is 560 g/mol. The first-order valence-corrected chi connectivity index (χ1v) is 17.9. The topological polar surface area (TPSA) is 93.1 Å². The van der Waals surface area contributed by atoms with E-state index in [1.54, 1.807) is 6.07 Å². The summed E-state index contributed by atoms with van der Waals surface area (Å²) in [5, 5.41) is 29.0. The summed E-state index contributed by atoms with van der Waals surface area (Å²) in [4.78, 5) is 11.4. The van der Waals surface area contributed by atoms with Crippen LogP contribution in [0.25, 0.3) is 10.9 Å². The molecule has 3 heterocycles. The van der Waals surface area contributed by atoms with Gasteiger partial charge in [0.1, 0.15) is 5.84 Å². The molecule has 0 radical (unpaired) electrons. The van der Waals surface area contributed by atoms with Crippen LogP contribution in [0.5, 0.6) is 11.5 Å². The minimum Gasteiger partial charge on any atom is -0.504 e. The molecule has 1 saturated carbocycles. The second kappa shape index (κ2) is 11.3. The van der Waals surface area contributed by atoms with E-state index >= 15 is 0 Å². The molecule has 4 N–H and O–H groups in total. The molecule has 7 heteroatoms. The lowest BCUT2D eigenvalue weighted by Crippen LogP contribution is -2.74. The summed E-state index contributed by atoms with van der Waals surface area (Å²) in [6.07, 6.45) is 12.4. The quantitative estimate of drug-likeness (QED) is 0.107. The number of nitrogens with one attached hydrogen (secondary N) is 2. The van der Waals surface area contributed by atoms with Gasteiger partial charge in [-0.15, -0.1) is 0 Å². The van der Waals surface area contributed by atoms with Crippen molar-refractivity contribution in [1.82, 2.24) is 15.2 Å². The van der Waals surface area contributed by atoms with Crippen LogP contribution in [0.1, 0.15) is 106 Å². The zero-order valence-corrected chi connectivity index (χ0v) is 27.1. The monoisotopic (exact) mass is 610 g/mol. The number of ether oxygens (including phenoxy) is 1. The molecule has 2 aromatic carbocycles. The Balaban J connectivity index is 1.17. The second-order valence-electron chi connectivity index (χ2n) is 14.7. The van der Waals surface area contributed by atoms with Crippen molar-refractivity contribution in [3.63, 3.8) is 0 Å². The van der Waals surface area contributed by atoms with E-state index < -0.39 is 11.0 Å². The Morgan fingerprint density at radius 1 is 1.11 bits per heavy atom.